The number of para-hydroxylation sites is 1. The van der Waals surface area contributed by atoms with Crippen molar-refractivity contribution in [3.63, 3.8) is 0 Å². The Bertz CT molecular complexity index is 942. The first kappa shape index (κ1) is 15.6. The molecule has 0 saturated carbocycles. The van der Waals surface area contributed by atoms with E-state index in [1.807, 2.05) is 6.07 Å². The molecule has 26 heavy (non-hydrogen) atoms. The van der Waals surface area contributed by atoms with Gasteiger partial charge in [0, 0.05) is 23.7 Å². The number of allylic oxidation sites excluding steroid dienone is 1. The Morgan fingerprint density at radius 2 is 1.58 bits per heavy atom. The van der Waals surface area contributed by atoms with Gasteiger partial charge in [0.15, 0.2) is 11.5 Å². The minimum atomic E-state index is -0.377. The van der Waals surface area contributed by atoms with Gasteiger partial charge in [0.05, 0.1) is 0 Å². The second-order valence-corrected chi connectivity index (χ2v) is 7.75. The van der Waals surface area contributed by atoms with Crippen LogP contribution in [0.3, 0.4) is 0 Å². The molecule has 2 aliphatic heterocycles. The lowest BCUT2D eigenvalue weighted by molar-refractivity contribution is 0.0503. The molecule has 2 aromatic carbocycles. The minimum Gasteiger partial charge on any atom is -0.488 e. The minimum absolute atomic E-state index is 0.143. The quantitative estimate of drug-likeness (QED) is 0.759. The maximum Gasteiger partial charge on any atom is 0.169 e. The van der Waals surface area contributed by atoms with Crippen LogP contribution in [-0.4, -0.2) is 25.8 Å². The lowest BCUT2D eigenvalue weighted by atomic mass is 9.70. The number of rotatable bonds is 1. The summed E-state index contributed by atoms with van der Waals surface area (Å²) in [5, 5.41) is 0. The fourth-order valence-electron chi connectivity index (χ4n) is 4.90. The number of nitrogens with zero attached hydrogens (tertiary/aromatic N) is 1. The van der Waals surface area contributed by atoms with Crippen molar-refractivity contribution in [2.24, 2.45) is 0 Å². The average Bonchev–Trinajstić information content (AvgIpc) is 3.12. The fraction of sp³-hybridized carbons (Fsp3) is 0.304. The topological polar surface area (TPSA) is 21.7 Å². The zero-order chi connectivity index (χ0) is 17.9. The first-order valence-corrected chi connectivity index (χ1v) is 9.20. The number of hydrogen-bond acceptors (Lipinski definition) is 3. The Labute approximate surface area is 154 Å². The fourth-order valence-corrected chi connectivity index (χ4v) is 4.90. The molecular weight excluding hydrogens is 322 g/mol. The Kier molecular flexibility index (Phi) is 3.09. The van der Waals surface area contributed by atoms with Gasteiger partial charge in [0.1, 0.15) is 18.8 Å². The zero-order valence-corrected chi connectivity index (χ0v) is 15.5. The van der Waals surface area contributed by atoms with Gasteiger partial charge in [-0.15, -0.1) is 0 Å². The number of benzene rings is 2. The Morgan fingerprint density at radius 3 is 2.35 bits per heavy atom. The Morgan fingerprint density at radius 1 is 0.885 bits per heavy atom. The third-order valence-corrected chi connectivity index (χ3v) is 6.23. The van der Waals surface area contributed by atoms with Gasteiger partial charge in [0.2, 0.25) is 0 Å². The van der Waals surface area contributed by atoms with Crippen LogP contribution in [0, 0.1) is 0 Å². The summed E-state index contributed by atoms with van der Waals surface area (Å²) >= 11 is 0. The van der Waals surface area contributed by atoms with Crippen LogP contribution < -0.4 is 4.90 Å². The summed E-state index contributed by atoms with van der Waals surface area (Å²) in [5.41, 5.74) is 4.38. The molecule has 0 bridgehead atoms. The smallest absolute Gasteiger partial charge is 0.169 e. The molecule has 1 spiro atoms. The van der Waals surface area contributed by atoms with Gasteiger partial charge in [-0.2, -0.15) is 0 Å². The summed E-state index contributed by atoms with van der Waals surface area (Å²) < 4.78 is 12.4. The van der Waals surface area contributed by atoms with Crippen LogP contribution in [0.2, 0.25) is 0 Å². The first-order chi connectivity index (χ1) is 12.6. The normalized spacial score (nSPS) is 25.5. The molecule has 2 aromatic rings. The standard InChI is InChI=1S/C23H23NO2/c1-22(2)18-11-7-8-12-19(18)24(3)23(22)15-17(16-9-5-4-6-10-16)20-21(23)26-14-13-25-20/h4-12,15H,13-14H2,1-3H3. The molecule has 0 saturated heterocycles. The number of anilines is 1. The maximum absolute atomic E-state index is 6.29. The van der Waals surface area contributed by atoms with Crippen LogP contribution in [0.4, 0.5) is 5.69 Å². The van der Waals surface area contributed by atoms with Crippen molar-refractivity contribution < 1.29 is 9.47 Å². The third kappa shape index (κ3) is 1.73. The molecular formula is C23H23NO2. The van der Waals surface area contributed by atoms with Crippen LogP contribution >= 0.6 is 0 Å². The summed E-state index contributed by atoms with van der Waals surface area (Å²) in [6.45, 7) is 5.80. The van der Waals surface area contributed by atoms with E-state index in [2.05, 4.69) is 80.4 Å². The van der Waals surface area contributed by atoms with Gasteiger partial charge in [-0.1, -0.05) is 62.4 Å². The first-order valence-electron chi connectivity index (χ1n) is 9.20. The molecule has 0 fully saturated rings. The van der Waals surface area contributed by atoms with Gasteiger partial charge in [-0.3, -0.25) is 0 Å². The van der Waals surface area contributed by atoms with Crippen LogP contribution in [0.25, 0.3) is 5.57 Å². The highest BCUT2D eigenvalue weighted by molar-refractivity contribution is 5.88. The molecule has 5 rings (SSSR count). The highest BCUT2D eigenvalue weighted by atomic mass is 16.6. The second kappa shape index (κ2) is 5.16. The Hall–Kier alpha value is -2.68. The predicted octanol–water partition coefficient (Wildman–Crippen LogP) is 4.51. The summed E-state index contributed by atoms with van der Waals surface area (Å²) in [7, 11) is 2.17. The molecule has 1 atom stereocenters. The zero-order valence-electron chi connectivity index (χ0n) is 15.5. The molecule has 1 unspecified atom stereocenters. The van der Waals surface area contributed by atoms with Crippen molar-refractivity contribution in [1.82, 2.24) is 0 Å². The van der Waals surface area contributed by atoms with E-state index in [1.54, 1.807) is 0 Å². The molecule has 0 amide bonds. The number of hydrogen-bond donors (Lipinski definition) is 0. The van der Waals surface area contributed by atoms with E-state index in [-0.39, 0.29) is 11.0 Å². The molecule has 2 heterocycles. The Balaban J connectivity index is 1.79. The SMILES string of the molecule is CN1c2ccccc2C(C)(C)C12C=C(c1ccccc1)C1=C2OCCO1. The molecule has 0 aromatic heterocycles. The molecule has 3 aliphatic rings. The molecule has 1 aliphatic carbocycles. The molecule has 3 nitrogen and oxygen atoms in total. The third-order valence-electron chi connectivity index (χ3n) is 6.23. The van der Waals surface area contributed by atoms with Crippen LogP contribution in [-0.2, 0) is 14.9 Å². The number of likely N-dealkylation sites (N-methyl/N-ethyl adjacent to an activating group) is 1. The van der Waals surface area contributed by atoms with E-state index in [9.17, 15) is 0 Å². The van der Waals surface area contributed by atoms with Crippen molar-refractivity contribution >= 4 is 11.3 Å². The lowest BCUT2D eigenvalue weighted by Gasteiger charge is -2.44. The van der Waals surface area contributed by atoms with Gasteiger partial charge in [-0.05, 0) is 23.3 Å². The van der Waals surface area contributed by atoms with Gasteiger partial charge in [-0.25, -0.2) is 0 Å². The second-order valence-electron chi connectivity index (χ2n) is 7.75. The molecule has 3 heteroatoms. The molecule has 132 valence electrons. The van der Waals surface area contributed by atoms with Gasteiger partial charge < -0.3 is 14.4 Å². The van der Waals surface area contributed by atoms with Gasteiger partial charge >= 0.3 is 0 Å². The van der Waals surface area contributed by atoms with E-state index < -0.39 is 0 Å². The predicted molar refractivity (Wildman–Crippen MR) is 104 cm³/mol. The summed E-state index contributed by atoms with van der Waals surface area (Å²) in [6, 6.07) is 19.1. The van der Waals surface area contributed by atoms with E-state index >= 15 is 0 Å². The van der Waals surface area contributed by atoms with E-state index in [0.717, 1.165) is 17.1 Å². The van der Waals surface area contributed by atoms with Crippen LogP contribution in [0.15, 0.2) is 72.2 Å². The highest BCUT2D eigenvalue weighted by Gasteiger charge is 2.62. The van der Waals surface area contributed by atoms with Crippen molar-refractivity contribution in [2.75, 3.05) is 25.2 Å². The average molecular weight is 345 g/mol. The maximum atomic E-state index is 6.29. The summed E-state index contributed by atoms with van der Waals surface area (Å²) in [6.07, 6.45) is 2.36. The summed E-state index contributed by atoms with van der Waals surface area (Å²) in [4.78, 5) is 2.36. The van der Waals surface area contributed by atoms with Crippen molar-refractivity contribution in [3.8, 4) is 0 Å². The summed E-state index contributed by atoms with van der Waals surface area (Å²) in [5.74, 6) is 1.85. The van der Waals surface area contributed by atoms with E-state index in [4.69, 9.17) is 9.47 Å². The van der Waals surface area contributed by atoms with E-state index in [1.165, 1.54) is 16.8 Å². The lowest BCUT2D eigenvalue weighted by Crippen LogP contribution is -2.54. The number of ether oxygens (including phenoxy) is 2. The van der Waals surface area contributed by atoms with Gasteiger partial charge in [0.25, 0.3) is 0 Å². The van der Waals surface area contributed by atoms with Crippen molar-refractivity contribution in [3.05, 3.63) is 83.3 Å². The van der Waals surface area contributed by atoms with Crippen LogP contribution in [0.5, 0.6) is 0 Å². The number of fused-ring (bicyclic) bond motifs is 2. The largest absolute Gasteiger partial charge is 0.488 e. The van der Waals surface area contributed by atoms with Crippen LogP contribution in [0.1, 0.15) is 25.0 Å². The van der Waals surface area contributed by atoms with Crippen molar-refractivity contribution in [1.29, 1.82) is 0 Å². The van der Waals surface area contributed by atoms with Crippen molar-refractivity contribution in [2.45, 2.75) is 24.8 Å². The molecule has 0 N–H and O–H groups in total. The highest BCUT2D eigenvalue weighted by Crippen LogP contribution is 2.60. The molecule has 0 radical (unpaired) electrons. The van der Waals surface area contributed by atoms with E-state index in [0.29, 0.717) is 13.2 Å². The monoisotopic (exact) mass is 345 g/mol.